The molecule has 0 saturated carbocycles. The maximum Gasteiger partial charge on any atom is 0.231 e. The topological polar surface area (TPSA) is 55.1 Å². The lowest BCUT2D eigenvalue weighted by Gasteiger charge is -2.15. The van der Waals surface area contributed by atoms with Crippen LogP contribution in [0.2, 0.25) is 0 Å². The van der Waals surface area contributed by atoms with Crippen LogP contribution in [0.3, 0.4) is 0 Å². The third kappa shape index (κ3) is 2.96. The minimum atomic E-state index is -1.15. The number of rotatable bonds is 2. The van der Waals surface area contributed by atoms with Crippen LogP contribution in [0, 0.1) is 23.4 Å². The van der Waals surface area contributed by atoms with Crippen molar-refractivity contribution in [1.82, 2.24) is 0 Å². The van der Waals surface area contributed by atoms with E-state index < -0.39 is 35.0 Å². The molecule has 0 heterocycles. The molecule has 0 saturated heterocycles. The average molecular weight is 268 g/mol. The molecule has 1 aliphatic carbocycles. The molecular formula is C13H11F3N2O. The summed E-state index contributed by atoms with van der Waals surface area (Å²) in [5.41, 5.74) is 5.38. The predicted octanol–water partition coefficient (Wildman–Crippen LogP) is 2.46. The van der Waals surface area contributed by atoms with Crippen LogP contribution in [0.4, 0.5) is 18.9 Å². The van der Waals surface area contributed by atoms with Crippen LogP contribution in [0.5, 0.6) is 0 Å². The number of carbonyl (C=O) groups excluding carboxylic acids is 1. The lowest BCUT2D eigenvalue weighted by molar-refractivity contribution is -0.118. The number of benzene rings is 1. The highest BCUT2D eigenvalue weighted by atomic mass is 19.1. The minimum absolute atomic E-state index is 0.346. The second kappa shape index (κ2) is 5.17. The monoisotopic (exact) mass is 268 g/mol. The molecule has 1 aromatic carbocycles. The molecule has 1 unspecified atom stereocenters. The van der Waals surface area contributed by atoms with Crippen molar-refractivity contribution in [3.05, 3.63) is 53.5 Å². The Morgan fingerprint density at radius 2 is 1.89 bits per heavy atom. The van der Waals surface area contributed by atoms with Crippen LogP contribution in [0.15, 0.2) is 36.1 Å². The molecule has 19 heavy (non-hydrogen) atoms. The van der Waals surface area contributed by atoms with Crippen molar-refractivity contribution in [2.45, 2.75) is 6.42 Å². The summed E-state index contributed by atoms with van der Waals surface area (Å²) in [5, 5.41) is 2.11. The van der Waals surface area contributed by atoms with Gasteiger partial charge in [0.2, 0.25) is 5.91 Å². The van der Waals surface area contributed by atoms with Gasteiger partial charge in [-0.1, -0.05) is 12.2 Å². The molecule has 0 radical (unpaired) electrons. The highest BCUT2D eigenvalue weighted by Gasteiger charge is 2.20. The first-order valence-corrected chi connectivity index (χ1v) is 5.56. The Hall–Kier alpha value is -2.24. The smallest absolute Gasteiger partial charge is 0.231 e. The molecule has 6 heteroatoms. The van der Waals surface area contributed by atoms with Gasteiger partial charge in [0.1, 0.15) is 11.5 Å². The van der Waals surface area contributed by atoms with E-state index in [0.29, 0.717) is 24.3 Å². The molecule has 1 aliphatic rings. The van der Waals surface area contributed by atoms with Crippen molar-refractivity contribution < 1.29 is 18.0 Å². The summed E-state index contributed by atoms with van der Waals surface area (Å²) in [7, 11) is 0. The molecule has 0 bridgehead atoms. The zero-order chi connectivity index (χ0) is 14.0. The SMILES string of the molecule is NC1=CCC(C(=O)Nc2c(F)cc(F)cc2F)C=C1. The number of nitrogens with two attached hydrogens (primary N) is 1. The molecule has 100 valence electrons. The Bertz CT molecular complexity index is 558. The number of nitrogens with one attached hydrogen (secondary N) is 1. The predicted molar refractivity (Wildman–Crippen MR) is 64.5 cm³/mol. The van der Waals surface area contributed by atoms with E-state index in [9.17, 15) is 18.0 Å². The first kappa shape index (κ1) is 13.2. The summed E-state index contributed by atoms with van der Waals surface area (Å²) in [6.45, 7) is 0. The highest BCUT2D eigenvalue weighted by Crippen LogP contribution is 2.22. The van der Waals surface area contributed by atoms with E-state index in [1.807, 2.05) is 0 Å². The molecule has 0 aliphatic heterocycles. The van der Waals surface area contributed by atoms with Crippen molar-refractivity contribution in [1.29, 1.82) is 0 Å². The maximum atomic E-state index is 13.4. The number of carbonyl (C=O) groups is 1. The molecule has 3 nitrogen and oxygen atoms in total. The summed E-state index contributed by atoms with van der Waals surface area (Å²) in [4.78, 5) is 11.8. The van der Waals surface area contributed by atoms with Crippen LogP contribution in [-0.2, 0) is 4.79 Å². The van der Waals surface area contributed by atoms with Gasteiger partial charge in [-0.3, -0.25) is 4.79 Å². The Morgan fingerprint density at radius 1 is 1.26 bits per heavy atom. The lowest BCUT2D eigenvalue weighted by atomic mass is 9.98. The quantitative estimate of drug-likeness (QED) is 0.865. The van der Waals surface area contributed by atoms with Gasteiger partial charge < -0.3 is 11.1 Å². The standard InChI is InChI=1S/C13H11F3N2O/c14-8-5-10(15)12(11(16)6-8)18-13(19)7-1-3-9(17)4-2-7/h1,3-7H,2,17H2,(H,18,19). The van der Waals surface area contributed by atoms with Crippen LogP contribution in [0.1, 0.15) is 6.42 Å². The summed E-state index contributed by atoms with van der Waals surface area (Å²) in [6, 6.07) is 1.01. The Balaban J connectivity index is 2.14. The molecule has 0 spiro atoms. The summed E-state index contributed by atoms with van der Waals surface area (Å²) < 4.78 is 39.4. The van der Waals surface area contributed by atoms with Gasteiger partial charge in [-0.15, -0.1) is 0 Å². The molecule has 2 rings (SSSR count). The number of amides is 1. The zero-order valence-corrected chi connectivity index (χ0v) is 9.79. The van der Waals surface area contributed by atoms with Gasteiger partial charge >= 0.3 is 0 Å². The normalized spacial score (nSPS) is 18.1. The van der Waals surface area contributed by atoms with Crippen LogP contribution in [-0.4, -0.2) is 5.91 Å². The average Bonchev–Trinajstić information content (AvgIpc) is 2.34. The van der Waals surface area contributed by atoms with Crippen LogP contribution < -0.4 is 11.1 Å². The number of halogens is 3. The molecule has 0 aromatic heterocycles. The van der Waals surface area contributed by atoms with E-state index in [1.165, 1.54) is 0 Å². The molecule has 1 atom stereocenters. The van der Waals surface area contributed by atoms with Gasteiger partial charge in [0.05, 0.1) is 5.92 Å². The molecule has 1 amide bonds. The largest absolute Gasteiger partial charge is 0.399 e. The number of anilines is 1. The second-order valence-electron chi connectivity index (χ2n) is 4.14. The van der Waals surface area contributed by atoms with Gasteiger partial charge in [-0.2, -0.15) is 0 Å². The van der Waals surface area contributed by atoms with Gasteiger partial charge in [0.15, 0.2) is 11.6 Å². The fourth-order valence-electron chi connectivity index (χ4n) is 1.71. The van der Waals surface area contributed by atoms with E-state index in [0.717, 1.165) is 0 Å². The number of hydrogen-bond acceptors (Lipinski definition) is 2. The summed E-state index contributed by atoms with van der Waals surface area (Å²) >= 11 is 0. The van der Waals surface area contributed by atoms with E-state index >= 15 is 0 Å². The van der Waals surface area contributed by atoms with Crippen LogP contribution >= 0.6 is 0 Å². The second-order valence-corrected chi connectivity index (χ2v) is 4.14. The van der Waals surface area contributed by atoms with Crippen molar-refractivity contribution in [3.63, 3.8) is 0 Å². The highest BCUT2D eigenvalue weighted by molar-refractivity contribution is 5.94. The Morgan fingerprint density at radius 3 is 2.42 bits per heavy atom. The van der Waals surface area contributed by atoms with Crippen molar-refractivity contribution in [3.8, 4) is 0 Å². The molecule has 3 N–H and O–H groups in total. The summed E-state index contributed by atoms with van der Waals surface area (Å²) in [5.74, 6) is -4.48. The van der Waals surface area contributed by atoms with Crippen molar-refractivity contribution in [2.75, 3.05) is 5.32 Å². The van der Waals surface area contributed by atoms with Gasteiger partial charge in [0, 0.05) is 17.8 Å². The van der Waals surface area contributed by atoms with Crippen molar-refractivity contribution >= 4 is 11.6 Å². The number of hydrogen-bond donors (Lipinski definition) is 2. The first-order valence-electron chi connectivity index (χ1n) is 5.56. The van der Waals surface area contributed by atoms with Gasteiger partial charge in [-0.05, 0) is 12.5 Å². The number of allylic oxidation sites excluding steroid dienone is 2. The van der Waals surface area contributed by atoms with Gasteiger partial charge in [-0.25, -0.2) is 13.2 Å². The molecular weight excluding hydrogens is 257 g/mol. The minimum Gasteiger partial charge on any atom is -0.399 e. The van der Waals surface area contributed by atoms with E-state index in [4.69, 9.17) is 5.73 Å². The van der Waals surface area contributed by atoms with Crippen molar-refractivity contribution in [2.24, 2.45) is 11.7 Å². The van der Waals surface area contributed by atoms with E-state index in [1.54, 1.807) is 18.2 Å². The third-order valence-electron chi connectivity index (χ3n) is 2.72. The Kier molecular flexibility index (Phi) is 3.59. The Labute approximate surface area is 107 Å². The van der Waals surface area contributed by atoms with Gasteiger partial charge in [0.25, 0.3) is 0 Å². The fourth-order valence-corrected chi connectivity index (χ4v) is 1.71. The van der Waals surface area contributed by atoms with E-state index in [-0.39, 0.29) is 0 Å². The summed E-state index contributed by atoms with van der Waals surface area (Å²) in [6.07, 6.45) is 5.08. The fraction of sp³-hybridized carbons (Fsp3) is 0.154. The third-order valence-corrected chi connectivity index (χ3v) is 2.72. The zero-order valence-electron chi connectivity index (χ0n) is 9.79. The lowest BCUT2D eigenvalue weighted by Crippen LogP contribution is -2.23. The molecule has 1 aromatic rings. The van der Waals surface area contributed by atoms with Crippen LogP contribution in [0.25, 0.3) is 0 Å². The first-order chi connectivity index (χ1) is 8.97. The maximum absolute atomic E-state index is 13.4. The molecule has 0 fully saturated rings. The van der Waals surface area contributed by atoms with E-state index in [2.05, 4.69) is 5.32 Å².